The van der Waals surface area contributed by atoms with Crippen LogP contribution in [0.5, 0.6) is 0 Å². The van der Waals surface area contributed by atoms with E-state index >= 15 is 0 Å². The van der Waals surface area contributed by atoms with Gasteiger partial charge in [0.15, 0.2) is 0 Å². The molecule has 0 aliphatic rings. The van der Waals surface area contributed by atoms with E-state index in [0.29, 0.717) is 23.0 Å². The summed E-state index contributed by atoms with van der Waals surface area (Å²) < 4.78 is 0. The molecule has 1 atom stereocenters. The summed E-state index contributed by atoms with van der Waals surface area (Å²) in [6.45, 7) is 3.52. The third-order valence-electron chi connectivity index (χ3n) is 2.00. The average molecular weight is 242 g/mol. The molecule has 1 heterocycles. The topological polar surface area (TPSA) is 83.0 Å². The molecule has 16 heavy (non-hydrogen) atoms. The zero-order valence-corrected chi connectivity index (χ0v) is 10.0. The number of hydrogen-bond acceptors (Lipinski definition) is 4. The third-order valence-corrected chi connectivity index (χ3v) is 3.18. The minimum absolute atomic E-state index is 0.197. The molecule has 2 N–H and O–H groups in total. The molecular weight excluding hydrogens is 228 g/mol. The van der Waals surface area contributed by atoms with Crippen molar-refractivity contribution >= 4 is 17.7 Å². The number of nitrogens with zero attached hydrogens (tertiary/aromatic N) is 1. The first-order valence-corrected chi connectivity index (χ1v) is 5.97. The van der Waals surface area contributed by atoms with Crippen LogP contribution in [-0.2, 0) is 11.2 Å². The molecule has 0 aliphatic carbocycles. The van der Waals surface area contributed by atoms with Gasteiger partial charge in [-0.05, 0) is 0 Å². The average Bonchev–Trinajstić information content (AvgIpc) is 2.24. The first-order valence-electron chi connectivity index (χ1n) is 4.98. The van der Waals surface area contributed by atoms with Gasteiger partial charge in [-0.25, -0.2) is 4.98 Å². The lowest BCUT2D eigenvalue weighted by atomic mass is 10.2. The molecule has 1 aromatic heterocycles. The number of aromatic amines is 1. The zero-order valence-electron chi connectivity index (χ0n) is 9.19. The lowest BCUT2D eigenvalue weighted by molar-refractivity contribution is -0.140. The van der Waals surface area contributed by atoms with Crippen LogP contribution in [0.1, 0.15) is 19.7 Å². The Morgan fingerprint density at radius 1 is 1.69 bits per heavy atom. The lowest BCUT2D eigenvalue weighted by Gasteiger charge is -2.05. The van der Waals surface area contributed by atoms with Crippen molar-refractivity contribution in [1.29, 1.82) is 0 Å². The highest BCUT2D eigenvalue weighted by molar-refractivity contribution is 7.99. The number of rotatable bonds is 5. The molecule has 88 valence electrons. The summed E-state index contributed by atoms with van der Waals surface area (Å²) in [5, 5.41) is 9.29. The van der Waals surface area contributed by atoms with E-state index in [2.05, 4.69) is 9.97 Å². The Hall–Kier alpha value is -1.30. The van der Waals surface area contributed by atoms with Crippen molar-refractivity contribution in [2.45, 2.75) is 25.3 Å². The molecule has 0 saturated carbocycles. The fourth-order valence-electron chi connectivity index (χ4n) is 1.01. The minimum atomic E-state index is -0.840. The SMILES string of the molecule is CCc1nc(SCC(C)C(=O)O)cc(=O)[nH]1. The zero-order chi connectivity index (χ0) is 12.1. The monoisotopic (exact) mass is 242 g/mol. The molecule has 0 fully saturated rings. The van der Waals surface area contributed by atoms with Gasteiger partial charge in [-0.1, -0.05) is 13.8 Å². The predicted octanol–water partition coefficient (Wildman–Crippen LogP) is 1.15. The number of H-pyrrole nitrogens is 1. The summed E-state index contributed by atoms with van der Waals surface area (Å²) in [7, 11) is 0. The number of aromatic nitrogens is 2. The predicted molar refractivity (Wildman–Crippen MR) is 61.8 cm³/mol. The summed E-state index contributed by atoms with van der Waals surface area (Å²) in [5.74, 6) is -0.253. The van der Waals surface area contributed by atoms with Crippen LogP contribution in [0, 0.1) is 5.92 Å². The molecule has 6 heteroatoms. The number of hydrogen-bond donors (Lipinski definition) is 2. The van der Waals surface area contributed by atoms with Crippen LogP contribution >= 0.6 is 11.8 Å². The number of thioether (sulfide) groups is 1. The molecular formula is C10H14N2O3S. The van der Waals surface area contributed by atoms with Crippen LogP contribution in [0.15, 0.2) is 15.9 Å². The molecule has 0 radical (unpaired) electrons. The van der Waals surface area contributed by atoms with E-state index in [4.69, 9.17) is 5.11 Å². The summed E-state index contributed by atoms with van der Waals surface area (Å²) >= 11 is 1.29. The fraction of sp³-hybridized carbons (Fsp3) is 0.500. The van der Waals surface area contributed by atoms with Crippen molar-refractivity contribution in [2.24, 2.45) is 5.92 Å². The Kier molecular flexibility index (Phi) is 4.54. The standard InChI is InChI=1S/C10H14N2O3S/c1-3-7-11-8(13)4-9(12-7)16-5-6(2)10(14)15/h4,6H,3,5H2,1-2H3,(H,14,15)(H,11,12,13). The Labute approximate surface area is 97.3 Å². The van der Waals surface area contributed by atoms with E-state index in [9.17, 15) is 9.59 Å². The Morgan fingerprint density at radius 2 is 2.38 bits per heavy atom. The molecule has 0 bridgehead atoms. The summed E-state index contributed by atoms with van der Waals surface area (Å²) in [5.41, 5.74) is -0.197. The van der Waals surface area contributed by atoms with Gasteiger partial charge in [-0.15, -0.1) is 11.8 Å². The van der Waals surface area contributed by atoms with Gasteiger partial charge in [-0.2, -0.15) is 0 Å². The van der Waals surface area contributed by atoms with Crippen molar-refractivity contribution in [2.75, 3.05) is 5.75 Å². The van der Waals surface area contributed by atoms with Gasteiger partial charge in [-0.3, -0.25) is 9.59 Å². The number of carboxylic acid groups (broad SMARTS) is 1. The van der Waals surface area contributed by atoms with E-state index in [1.165, 1.54) is 17.8 Å². The van der Waals surface area contributed by atoms with Crippen LogP contribution < -0.4 is 5.56 Å². The molecule has 0 saturated heterocycles. The second-order valence-electron chi connectivity index (χ2n) is 3.43. The van der Waals surface area contributed by atoms with Crippen molar-refractivity contribution < 1.29 is 9.90 Å². The summed E-state index contributed by atoms with van der Waals surface area (Å²) in [4.78, 5) is 28.6. The van der Waals surface area contributed by atoms with Crippen LogP contribution in [0.4, 0.5) is 0 Å². The Morgan fingerprint density at radius 3 is 2.94 bits per heavy atom. The first kappa shape index (κ1) is 12.8. The maximum Gasteiger partial charge on any atom is 0.307 e. The van der Waals surface area contributed by atoms with Crippen molar-refractivity contribution in [3.05, 3.63) is 22.2 Å². The molecule has 1 aromatic rings. The largest absolute Gasteiger partial charge is 0.481 e. The van der Waals surface area contributed by atoms with Gasteiger partial charge < -0.3 is 10.1 Å². The van der Waals surface area contributed by atoms with Gasteiger partial charge >= 0.3 is 5.97 Å². The smallest absolute Gasteiger partial charge is 0.307 e. The highest BCUT2D eigenvalue weighted by Gasteiger charge is 2.12. The van der Waals surface area contributed by atoms with Gasteiger partial charge in [0.05, 0.1) is 5.92 Å². The van der Waals surface area contributed by atoms with E-state index in [1.54, 1.807) is 6.92 Å². The second-order valence-corrected chi connectivity index (χ2v) is 4.47. The number of nitrogens with one attached hydrogen (secondary N) is 1. The van der Waals surface area contributed by atoms with E-state index in [-0.39, 0.29) is 5.56 Å². The molecule has 5 nitrogen and oxygen atoms in total. The van der Waals surface area contributed by atoms with Crippen molar-refractivity contribution in [3.8, 4) is 0 Å². The van der Waals surface area contributed by atoms with Crippen LogP contribution in [0.3, 0.4) is 0 Å². The normalized spacial score (nSPS) is 12.4. The molecule has 0 spiro atoms. The first-order chi connectivity index (χ1) is 7.52. The Balaban J connectivity index is 2.70. The van der Waals surface area contributed by atoms with Crippen LogP contribution in [0.2, 0.25) is 0 Å². The Bertz CT molecular complexity index is 430. The summed E-state index contributed by atoms with van der Waals surface area (Å²) in [6.07, 6.45) is 0.651. The second kappa shape index (κ2) is 5.69. The molecule has 0 amide bonds. The highest BCUT2D eigenvalue weighted by Crippen LogP contribution is 2.17. The molecule has 0 aromatic carbocycles. The number of carbonyl (C=O) groups is 1. The van der Waals surface area contributed by atoms with Gasteiger partial charge in [0.2, 0.25) is 0 Å². The van der Waals surface area contributed by atoms with Gasteiger partial charge in [0.25, 0.3) is 5.56 Å². The number of carboxylic acids is 1. The van der Waals surface area contributed by atoms with Gasteiger partial charge in [0.1, 0.15) is 10.9 Å². The van der Waals surface area contributed by atoms with Crippen LogP contribution in [-0.4, -0.2) is 26.8 Å². The van der Waals surface area contributed by atoms with Crippen LogP contribution in [0.25, 0.3) is 0 Å². The molecule has 1 rings (SSSR count). The lowest BCUT2D eigenvalue weighted by Crippen LogP contribution is -2.13. The van der Waals surface area contributed by atoms with E-state index in [1.807, 2.05) is 6.92 Å². The molecule has 0 aliphatic heterocycles. The maximum atomic E-state index is 11.2. The highest BCUT2D eigenvalue weighted by atomic mass is 32.2. The summed E-state index contributed by atoms with van der Waals surface area (Å²) in [6, 6.07) is 1.39. The minimum Gasteiger partial charge on any atom is -0.481 e. The number of aliphatic carboxylic acids is 1. The third kappa shape index (κ3) is 3.69. The maximum absolute atomic E-state index is 11.2. The van der Waals surface area contributed by atoms with Crippen molar-refractivity contribution in [1.82, 2.24) is 9.97 Å². The van der Waals surface area contributed by atoms with E-state index < -0.39 is 11.9 Å². The van der Waals surface area contributed by atoms with Gasteiger partial charge in [0, 0.05) is 18.2 Å². The quantitative estimate of drug-likeness (QED) is 0.597. The van der Waals surface area contributed by atoms with Crippen molar-refractivity contribution in [3.63, 3.8) is 0 Å². The van der Waals surface area contributed by atoms with E-state index in [0.717, 1.165) is 0 Å². The molecule has 1 unspecified atom stereocenters. The number of aryl methyl sites for hydroxylation is 1. The fourth-order valence-corrected chi connectivity index (χ4v) is 1.94.